The number of nitrogens with one attached hydrogen (secondary N) is 2. The number of esters is 2. The van der Waals surface area contributed by atoms with Crippen molar-refractivity contribution in [2.45, 2.75) is 183 Å². The number of fused-ring (bicyclic) bond motifs is 8. The quantitative estimate of drug-likeness (QED) is 0.0358. The van der Waals surface area contributed by atoms with E-state index >= 15 is 0 Å². The Balaban J connectivity index is 0.00000817. The maximum Gasteiger partial charge on any atom is 2.00 e. The molecule has 3 aliphatic rings. The summed E-state index contributed by atoms with van der Waals surface area (Å²) in [7, 11) is 1.30. The van der Waals surface area contributed by atoms with Gasteiger partial charge in [0, 0.05) is 23.1 Å². The van der Waals surface area contributed by atoms with Gasteiger partial charge in [-0.25, -0.2) is 9.97 Å². The molecule has 352 valence electrons. The number of carbonyl (C=O) groups excluding carboxylic acids is 4. The van der Waals surface area contributed by atoms with Crippen LogP contribution in [0, 0.1) is 31.6 Å². The minimum atomic E-state index is -1.21. The van der Waals surface area contributed by atoms with Gasteiger partial charge in [-0.15, -0.1) is 22.1 Å². The van der Waals surface area contributed by atoms with E-state index < -0.39 is 11.9 Å². The van der Waals surface area contributed by atoms with Crippen LogP contribution in [0.4, 0.5) is 0 Å². The minimum absolute atomic E-state index is 0. The van der Waals surface area contributed by atoms with Crippen LogP contribution in [0.3, 0.4) is 0 Å². The predicted octanol–water partition coefficient (Wildman–Crippen LogP) is 11.2. The molecular weight excluding hydrogens is 837 g/mol. The molecular formula is C55H76MgN4O6+2. The van der Waals surface area contributed by atoms with Gasteiger partial charge in [-0.1, -0.05) is 110 Å². The number of rotatable bonds is 20. The number of ketones is 2. The molecule has 1 aliphatic carbocycles. The number of aromatic amines is 2. The van der Waals surface area contributed by atoms with Crippen molar-refractivity contribution in [1.29, 1.82) is 0 Å². The second-order valence-electron chi connectivity index (χ2n) is 20.3. The summed E-state index contributed by atoms with van der Waals surface area (Å²) in [5, 5.41) is 0. The topological polar surface area (TPSA) is 143 Å². The molecule has 0 radical (unpaired) electrons. The predicted molar refractivity (Wildman–Crippen MR) is 262 cm³/mol. The molecule has 0 fully saturated rings. The van der Waals surface area contributed by atoms with Crippen molar-refractivity contribution < 1.29 is 38.6 Å². The third-order valence-corrected chi connectivity index (χ3v) is 14.9. The molecule has 0 amide bonds. The van der Waals surface area contributed by atoms with Crippen LogP contribution in [-0.4, -0.2) is 60.3 Å². The van der Waals surface area contributed by atoms with Crippen LogP contribution < -0.4 is 19.9 Å². The molecule has 11 heteroatoms. The first-order valence-electron chi connectivity index (χ1n) is 24.7. The number of aryl methyl sites for hydroxylation is 2. The molecule has 0 spiro atoms. The van der Waals surface area contributed by atoms with Gasteiger partial charge in [0.25, 0.3) is 0 Å². The SMILES string of the molecule is CC[C@H]1c2cc3[n-]c4c(c3C)C(=O)[C@H](C(=O)OC)c4c3[nH+]c(cc4[n-]c(cc([nH+]2)[C@@H]1C)c(C(C)=O)c4C)[C@@H](C)[C@@H]3CCC(=O)OC/C=C(\C)CCC[C@H](C)CCC[C@H](C)CCCC(C)C.[Mg+2]. The van der Waals surface area contributed by atoms with Crippen LogP contribution in [0.15, 0.2) is 29.8 Å². The Morgan fingerprint density at radius 2 is 1.36 bits per heavy atom. The summed E-state index contributed by atoms with van der Waals surface area (Å²) >= 11 is 0. The zero-order valence-electron chi connectivity index (χ0n) is 42.2. The molecule has 3 aromatic rings. The zero-order valence-corrected chi connectivity index (χ0v) is 43.6. The van der Waals surface area contributed by atoms with E-state index in [1.54, 1.807) is 6.92 Å². The molecule has 7 atom stereocenters. The third kappa shape index (κ3) is 11.8. The Kier molecular flexibility index (Phi) is 18.6. The molecule has 0 unspecified atom stereocenters. The largest absolute Gasteiger partial charge is 2.00 e. The number of nitrogens with zero attached hydrogens (tertiary/aromatic N) is 2. The number of carbonyl (C=O) groups is 4. The van der Waals surface area contributed by atoms with E-state index in [4.69, 9.17) is 19.4 Å². The first-order chi connectivity index (χ1) is 30.9. The average Bonchev–Trinajstić information content (AvgIpc) is 4.00. The molecule has 2 N–H and O–H groups in total. The Morgan fingerprint density at radius 3 is 2.00 bits per heavy atom. The number of Topliss-reactive ketones (excluding diaryl/α,β-unsaturated/α-hetero) is 2. The standard InChI is InChI=1S/C55H75N4O6.Mg/c1-13-39-34(7)41-29-46-48(38(11)60)36(9)43(57-46)27-42-35(8)40(52(58-42)50-51(55(63)64-12)54(62)49-37(10)44(59-53(49)50)28-45(39)56-41)23-24-47(61)65-26-25-33(6)22-16-21-32(5)20-15-19-31(4)18-14-17-30(2)3;/h25,27-32,34-35,39-40,51H,13-24,26H2,1-12H3,(H-,56,57,58,59,60,62);/q-1;+2/p+1/b33-25+;/t31-,32-,34-,35+,39-,40+,51-;/m1./s1. The second kappa shape index (κ2) is 23.3. The summed E-state index contributed by atoms with van der Waals surface area (Å²) in [6.45, 7) is 23.5. The number of allylic oxidation sites excluding steroid dienone is 1. The van der Waals surface area contributed by atoms with Crippen LogP contribution >= 0.6 is 0 Å². The van der Waals surface area contributed by atoms with Crippen molar-refractivity contribution in [1.82, 2.24) is 9.97 Å². The first-order valence-corrected chi connectivity index (χ1v) is 24.7. The van der Waals surface area contributed by atoms with E-state index in [9.17, 15) is 19.2 Å². The van der Waals surface area contributed by atoms with E-state index in [1.165, 1.54) is 57.6 Å². The summed E-state index contributed by atoms with van der Waals surface area (Å²) in [4.78, 5) is 72.1. The minimum Gasteiger partial charge on any atom is -0.657 e. The van der Waals surface area contributed by atoms with Crippen LogP contribution in [0.25, 0.3) is 22.1 Å². The molecule has 0 aromatic carbocycles. The summed E-state index contributed by atoms with van der Waals surface area (Å²) in [6.07, 6.45) is 14.7. The zero-order chi connectivity index (χ0) is 47.3. The van der Waals surface area contributed by atoms with Crippen molar-refractivity contribution in [3.63, 3.8) is 0 Å². The van der Waals surface area contributed by atoms with Crippen molar-refractivity contribution in [3.8, 4) is 0 Å². The molecule has 5 heterocycles. The van der Waals surface area contributed by atoms with Gasteiger partial charge in [0.15, 0.2) is 34.3 Å². The molecule has 0 saturated carbocycles. The van der Waals surface area contributed by atoms with Crippen LogP contribution in [0.5, 0.6) is 0 Å². The first kappa shape index (κ1) is 52.9. The maximum atomic E-state index is 14.4. The number of ether oxygens (including phenoxy) is 2. The molecule has 0 saturated heterocycles. The van der Waals surface area contributed by atoms with E-state index in [2.05, 4.69) is 65.4 Å². The van der Waals surface area contributed by atoms with Crippen LogP contribution in [0.1, 0.15) is 229 Å². The smallest absolute Gasteiger partial charge is 0.657 e. The van der Waals surface area contributed by atoms with Gasteiger partial charge in [-0.05, 0) is 95.4 Å². The number of methoxy groups -OCH3 is 1. The number of hydrogen-bond acceptors (Lipinski definition) is 6. The fourth-order valence-corrected chi connectivity index (χ4v) is 10.8. The number of hydrogen-bond donors (Lipinski definition) is 0. The monoisotopic (exact) mass is 913 g/mol. The summed E-state index contributed by atoms with van der Waals surface area (Å²) < 4.78 is 11.1. The van der Waals surface area contributed by atoms with Gasteiger partial charge in [0.1, 0.15) is 12.5 Å². The Bertz CT molecular complexity index is 2460. The molecule has 3 aromatic heterocycles. The summed E-state index contributed by atoms with van der Waals surface area (Å²) in [5.41, 5.74) is 10.0. The second-order valence-corrected chi connectivity index (χ2v) is 20.3. The van der Waals surface area contributed by atoms with Crippen LogP contribution in [-0.2, 0) is 19.1 Å². The van der Waals surface area contributed by atoms with Gasteiger partial charge in [0.05, 0.1) is 30.8 Å². The third-order valence-electron chi connectivity index (χ3n) is 14.9. The number of aromatic nitrogens is 4. The van der Waals surface area contributed by atoms with Crippen LogP contribution in [0.2, 0.25) is 0 Å². The van der Waals surface area contributed by atoms with Crippen molar-refractivity contribution in [3.05, 3.63) is 80.4 Å². The van der Waals surface area contributed by atoms with Gasteiger partial charge in [0.2, 0.25) is 0 Å². The molecule has 8 bridgehead atoms. The van der Waals surface area contributed by atoms with E-state index in [0.29, 0.717) is 62.4 Å². The normalized spacial score (nSPS) is 20.0. The Hall–Kier alpha value is -4.09. The fraction of sp³-hybridized carbons (Fsp3) is 0.600. The van der Waals surface area contributed by atoms with E-state index in [0.717, 1.165) is 53.7 Å². The van der Waals surface area contributed by atoms with Gasteiger partial charge in [-0.2, -0.15) is 0 Å². The maximum absolute atomic E-state index is 14.4. The van der Waals surface area contributed by atoms with Crippen molar-refractivity contribution >= 4 is 68.6 Å². The summed E-state index contributed by atoms with van der Waals surface area (Å²) in [6, 6.07) is 5.99. The van der Waals surface area contributed by atoms with Gasteiger partial charge in [-0.3, -0.25) is 19.2 Å². The molecule has 10 nitrogen and oxygen atoms in total. The van der Waals surface area contributed by atoms with E-state index in [1.807, 2.05) is 38.1 Å². The van der Waals surface area contributed by atoms with E-state index in [-0.39, 0.29) is 77.3 Å². The molecule has 2 aliphatic heterocycles. The van der Waals surface area contributed by atoms with Crippen molar-refractivity contribution in [2.75, 3.05) is 13.7 Å². The molecule has 66 heavy (non-hydrogen) atoms. The number of H-pyrrole nitrogens is 2. The van der Waals surface area contributed by atoms with Gasteiger partial charge >= 0.3 is 35.0 Å². The fourth-order valence-electron chi connectivity index (χ4n) is 10.8. The summed E-state index contributed by atoms with van der Waals surface area (Å²) in [5.74, 6) is -0.477. The van der Waals surface area contributed by atoms with Crippen molar-refractivity contribution in [2.24, 2.45) is 17.8 Å². The Labute approximate surface area is 409 Å². The Morgan fingerprint density at radius 1 is 0.773 bits per heavy atom. The molecule has 6 rings (SSSR count). The van der Waals surface area contributed by atoms with Gasteiger partial charge < -0.3 is 19.4 Å². The average molecular weight is 914 g/mol.